The minimum absolute atomic E-state index is 0.145. The van der Waals surface area contributed by atoms with Crippen molar-refractivity contribution in [2.75, 3.05) is 11.5 Å². The summed E-state index contributed by atoms with van der Waals surface area (Å²) in [4.78, 5) is 12.0. The summed E-state index contributed by atoms with van der Waals surface area (Å²) in [6.45, 7) is 5.09. The third-order valence-electron chi connectivity index (χ3n) is 5.33. The molecule has 0 spiro atoms. The first kappa shape index (κ1) is 28.0. The zero-order chi connectivity index (χ0) is 26.3. The molecule has 3 aromatic rings. The summed E-state index contributed by atoms with van der Waals surface area (Å²) in [5.41, 5.74) is 3.15. The van der Waals surface area contributed by atoms with Crippen molar-refractivity contribution in [3.8, 4) is 22.6 Å². The van der Waals surface area contributed by atoms with Crippen LogP contribution >= 0.6 is 23.4 Å². The van der Waals surface area contributed by atoms with Gasteiger partial charge in [0, 0.05) is 17.4 Å². The van der Waals surface area contributed by atoms with Crippen LogP contribution in [0.25, 0.3) is 11.1 Å². The van der Waals surface area contributed by atoms with Gasteiger partial charge in [0.05, 0.1) is 10.8 Å². The van der Waals surface area contributed by atoms with Gasteiger partial charge in [0.15, 0.2) is 0 Å². The van der Waals surface area contributed by atoms with Crippen LogP contribution in [0.1, 0.15) is 37.8 Å². The van der Waals surface area contributed by atoms with Gasteiger partial charge in [-0.15, -0.1) is 11.8 Å². The van der Waals surface area contributed by atoms with Crippen LogP contribution in [0.5, 0.6) is 11.5 Å². The summed E-state index contributed by atoms with van der Waals surface area (Å²) in [5.74, 6) is 0.351. The molecule has 9 heteroatoms. The van der Waals surface area contributed by atoms with E-state index in [2.05, 4.69) is 0 Å². The van der Waals surface area contributed by atoms with Crippen molar-refractivity contribution in [1.29, 1.82) is 0 Å². The Hall–Kier alpha value is -2.55. The Morgan fingerprint density at radius 2 is 1.69 bits per heavy atom. The summed E-state index contributed by atoms with van der Waals surface area (Å²) in [7, 11) is -3.80. The van der Waals surface area contributed by atoms with E-state index in [1.807, 2.05) is 13.0 Å². The maximum atomic E-state index is 13.3. The molecule has 0 aliphatic rings. The van der Waals surface area contributed by atoms with Crippen molar-refractivity contribution >= 4 is 39.5 Å². The van der Waals surface area contributed by atoms with Crippen LogP contribution in [0.3, 0.4) is 0 Å². The van der Waals surface area contributed by atoms with Gasteiger partial charge in [-0.3, -0.25) is 4.79 Å². The minimum atomic E-state index is -3.80. The average molecular weight is 551 g/mol. The normalized spacial score (nSPS) is 11.4. The van der Waals surface area contributed by atoms with E-state index in [4.69, 9.17) is 20.5 Å². The molecular formula is C27H28ClFO5S2. The van der Waals surface area contributed by atoms with E-state index in [9.17, 15) is 17.6 Å². The third-order valence-corrected chi connectivity index (χ3v) is 8.29. The monoisotopic (exact) mass is 550 g/mol. The highest BCUT2D eigenvalue weighted by molar-refractivity contribution is 7.99. The molecule has 0 atom stereocenters. The molecule has 0 aliphatic carbocycles. The van der Waals surface area contributed by atoms with Crippen LogP contribution in [0.4, 0.5) is 4.39 Å². The average Bonchev–Trinajstić information content (AvgIpc) is 2.82. The van der Waals surface area contributed by atoms with Gasteiger partial charge in [-0.05, 0) is 78.6 Å². The molecular weight excluding hydrogens is 523 g/mol. The van der Waals surface area contributed by atoms with E-state index in [0.29, 0.717) is 40.7 Å². The molecule has 0 aliphatic heterocycles. The fourth-order valence-corrected chi connectivity index (χ4v) is 6.04. The molecule has 3 rings (SSSR count). The first-order valence-corrected chi connectivity index (χ1v) is 14.4. The van der Waals surface area contributed by atoms with Crippen molar-refractivity contribution < 1.29 is 26.5 Å². The van der Waals surface area contributed by atoms with Gasteiger partial charge < -0.3 is 8.92 Å². The smallest absolute Gasteiger partial charge is 0.309 e. The number of thioether (sulfide) groups is 1. The number of carbonyl (C=O) groups excluding carboxylic acids is 1. The molecule has 5 nitrogen and oxygen atoms in total. The molecule has 36 heavy (non-hydrogen) atoms. The van der Waals surface area contributed by atoms with E-state index >= 15 is 0 Å². The van der Waals surface area contributed by atoms with Crippen molar-refractivity contribution in [2.24, 2.45) is 0 Å². The quantitative estimate of drug-likeness (QED) is 0.0825. The molecule has 0 saturated heterocycles. The van der Waals surface area contributed by atoms with Crippen molar-refractivity contribution in [3.63, 3.8) is 0 Å². The van der Waals surface area contributed by atoms with Crippen molar-refractivity contribution in [2.45, 2.75) is 44.9 Å². The molecule has 0 N–H and O–H groups in total. The van der Waals surface area contributed by atoms with E-state index in [1.165, 1.54) is 30.8 Å². The minimum Gasteiger partial charge on any atom is -0.426 e. The largest absolute Gasteiger partial charge is 0.426 e. The lowest BCUT2D eigenvalue weighted by Crippen LogP contribution is -2.15. The van der Waals surface area contributed by atoms with Crippen LogP contribution < -0.4 is 8.92 Å². The van der Waals surface area contributed by atoms with E-state index in [0.717, 1.165) is 28.0 Å². The molecule has 192 valence electrons. The van der Waals surface area contributed by atoms with E-state index < -0.39 is 16.1 Å². The van der Waals surface area contributed by atoms with Gasteiger partial charge in [0.2, 0.25) is 0 Å². The molecule has 0 radical (unpaired) electrons. The number of rotatable bonds is 11. The lowest BCUT2D eigenvalue weighted by Gasteiger charge is -2.13. The molecule has 0 bridgehead atoms. The fraction of sp³-hybridized carbons (Fsp3) is 0.296. The Morgan fingerprint density at radius 3 is 2.36 bits per heavy atom. The van der Waals surface area contributed by atoms with Crippen molar-refractivity contribution in [3.05, 3.63) is 76.6 Å². The third kappa shape index (κ3) is 7.72. The lowest BCUT2D eigenvalue weighted by molar-refractivity contribution is -0.131. The fourth-order valence-electron chi connectivity index (χ4n) is 3.56. The highest BCUT2D eigenvalue weighted by atomic mass is 35.5. The number of ether oxygens (including phenoxy) is 1. The highest BCUT2D eigenvalue weighted by Crippen LogP contribution is 2.35. The van der Waals surface area contributed by atoms with Crippen LogP contribution in [-0.4, -0.2) is 25.9 Å². The summed E-state index contributed by atoms with van der Waals surface area (Å²) < 4.78 is 49.2. The number of esters is 1. The first-order valence-electron chi connectivity index (χ1n) is 11.5. The van der Waals surface area contributed by atoms with Gasteiger partial charge in [-0.1, -0.05) is 43.1 Å². The van der Waals surface area contributed by atoms with Gasteiger partial charge in [0.1, 0.15) is 17.3 Å². The summed E-state index contributed by atoms with van der Waals surface area (Å²) >= 11 is 7.82. The second kappa shape index (κ2) is 12.6. The summed E-state index contributed by atoms with van der Waals surface area (Å²) in [6.07, 6.45) is 1.83. The number of aryl methyl sites for hydroxylation is 1. The standard InChI is InChI=1S/C27H28ClFO5S2/c1-4-6-22-17-21(20-7-10-23(29)11-8-20)9-12-25(22)34-36(31,32)16-5-15-35-26-14-13-24(33-19(3)30)18(2)27(26)28/h7-14,17H,4-6,15-16H2,1-3H3. The maximum Gasteiger partial charge on any atom is 0.309 e. The number of benzene rings is 3. The molecule has 0 heterocycles. The van der Waals surface area contributed by atoms with Crippen LogP contribution in [0.2, 0.25) is 5.02 Å². The Balaban J connectivity index is 1.62. The second-order valence-electron chi connectivity index (χ2n) is 8.22. The molecule has 0 amide bonds. The Labute approximate surface area is 221 Å². The highest BCUT2D eigenvalue weighted by Gasteiger charge is 2.17. The maximum absolute atomic E-state index is 13.3. The van der Waals surface area contributed by atoms with Gasteiger partial charge >= 0.3 is 16.1 Å². The molecule has 0 unspecified atom stereocenters. The van der Waals surface area contributed by atoms with E-state index in [1.54, 1.807) is 43.3 Å². The van der Waals surface area contributed by atoms with Gasteiger partial charge in [0.25, 0.3) is 0 Å². The zero-order valence-corrected chi connectivity index (χ0v) is 22.7. The topological polar surface area (TPSA) is 69.7 Å². The SMILES string of the molecule is CCCc1cc(-c2ccc(F)cc2)ccc1OS(=O)(=O)CCCSc1ccc(OC(C)=O)c(C)c1Cl. The van der Waals surface area contributed by atoms with Crippen LogP contribution in [0, 0.1) is 12.7 Å². The number of hydrogen-bond acceptors (Lipinski definition) is 6. The molecule has 0 fully saturated rings. The molecule has 0 saturated carbocycles. The predicted octanol–water partition coefficient (Wildman–Crippen LogP) is 7.22. The van der Waals surface area contributed by atoms with E-state index in [-0.39, 0.29) is 11.6 Å². The first-order chi connectivity index (χ1) is 17.1. The predicted molar refractivity (Wildman–Crippen MR) is 143 cm³/mol. The Bertz CT molecular complexity index is 1320. The summed E-state index contributed by atoms with van der Waals surface area (Å²) in [6, 6.07) is 14.9. The molecule has 3 aromatic carbocycles. The number of hydrogen-bond donors (Lipinski definition) is 0. The van der Waals surface area contributed by atoms with Gasteiger partial charge in [-0.2, -0.15) is 8.42 Å². The molecule has 0 aromatic heterocycles. The number of carbonyl (C=O) groups is 1. The second-order valence-corrected chi connectivity index (χ2v) is 11.4. The Morgan fingerprint density at radius 1 is 1.03 bits per heavy atom. The number of halogens is 2. The lowest BCUT2D eigenvalue weighted by atomic mass is 10.0. The van der Waals surface area contributed by atoms with Crippen LogP contribution in [-0.2, 0) is 21.3 Å². The Kier molecular flexibility index (Phi) is 9.82. The zero-order valence-electron chi connectivity index (χ0n) is 20.3. The van der Waals surface area contributed by atoms with Crippen molar-refractivity contribution in [1.82, 2.24) is 0 Å². The van der Waals surface area contributed by atoms with Gasteiger partial charge in [-0.25, -0.2) is 4.39 Å². The summed E-state index contributed by atoms with van der Waals surface area (Å²) in [5, 5.41) is 0.475. The van der Waals surface area contributed by atoms with Crippen LogP contribution in [0.15, 0.2) is 59.5 Å².